The normalized spacial score (nSPS) is 24.7. The van der Waals surface area contributed by atoms with E-state index in [1.807, 2.05) is 6.92 Å². The molecule has 3 rings (SSSR count). The molecule has 0 amide bonds. The lowest BCUT2D eigenvalue weighted by Gasteiger charge is -2.24. The van der Waals surface area contributed by atoms with Crippen LogP contribution in [0.25, 0.3) is 0 Å². The van der Waals surface area contributed by atoms with E-state index in [0.29, 0.717) is 0 Å². The minimum absolute atomic E-state index is 0.152. The highest BCUT2D eigenvalue weighted by Gasteiger charge is 2.29. The zero-order chi connectivity index (χ0) is 14.8. The van der Waals surface area contributed by atoms with Crippen LogP contribution in [0.5, 0.6) is 0 Å². The fourth-order valence-corrected chi connectivity index (χ4v) is 3.88. The van der Waals surface area contributed by atoms with Crippen LogP contribution in [-0.2, 0) is 6.42 Å². The van der Waals surface area contributed by atoms with Crippen molar-refractivity contribution in [3.8, 4) is 0 Å². The Hall–Kier alpha value is -0.770. The molecule has 0 spiro atoms. The fourth-order valence-electron chi connectivity index (χ4n) is 3.63. The average Bonchev–Trinajstić information content (AvgIpc) is 3.10. The molecular formula is C17H26ClN3. The number of anilines is 1. The van der Waals surface area contributed by atoms with Gasteiger partial charge in [0.2, 0.25) is 0 Å². The number of rotatable bonds is 4. The highest BCUT2D eigenvalue weighted by molar-refractivity contribution is 6.31. The number of likely N-dealkylation sites (tertiary alicyclic amines) is 1. The molecule has 2 aliphatic rings. The Morgan fingerprint density at radius 1 is 1.29 bits per heavy atom. The van der Waals surface area contributed by atoms with Crippen molar-refractivity contribution < 1.29 is 0 Å². The maximum atomic E-state index is 6.42. The third-order valence-electron chi connectivity index (χ3n) is 4.76. The minimum atomic E-state index is 0.152. The van der Waals surface area contributed by atoms with Crippen LogP contribution >= 0.6 is 11.6 Å². The first-order valence-electron chi connectivity index (χ1n) is 8.16. The number of halogens is 1. The molecule has 4 heteroatoms. The highest BCUT2D eigenvalue weighted by atomic mass is 35.5. The lowest BCUT2D eigenvalue weighted by Crippen LogP contribution is -2.35. The zero-order valence-electron chi connectivity index (χ0n) is 12.9. The number of hydrogen-bond acceptors (Lipinski definition) is 3. The maximum absolute atomic E-state index is 6.42. The number of nitrogens with zero attached hydrogens (tertiary/aromatic N) is 2. The Morgan fingerprint density at radius 3 is 2.71 bits per heavy atom. The quantitative estimate of drug-likeness (QED) is 0.928. The molecule has 2 heterocycles. The van der Waals surface area contributed by atoms with Gasteiger partial charge in [0.15, 0.2) is 0 Å². The summed E-state index contributed by atoms with van der Waals surface area (Å²) >= 11 is 6.42. The molecule has 0 saturated carbocycles. The van der Waals surface area contributed by atoms with Crippen LogP contribution in [0.3, 0.4) is 0 Å². The van der Waals surface area contributed by atoms with Crippen LogP contribution in [-0.4, -0.2) is 43.2 Å². The molecule has 0 aliphatic carbocycles. The summed E-state index contributed by atoms with van der Waals surface area (Å²) in [5.41, 5.74) is 8.28. The third kappa shape index (κ3) is 3.53. The topological polar surface area (TPSA) is 32.5 Å². The summed E-state index contributed by atoms with van der Waals surface area (Å²) in [5.74, 6) is 0. The molecule has 2 N–H and O–H groups in total. The summed E-state index contributed by atoms with van der Waals surface area (Å²) in [4.78, 5) is 5.14. The molecule has 2 aliphatic heterocycles. The van der Waals surface area contributed by atoms with E-state index in [4.69, 9.17) is 17.3 Å². The van der Waals surface area contributed by atoms with Crippen molar-refractivity contribution >= 4 is 17.3 Å². The van der Waals surface area contributed by atoms with Gasteiger partial charge >= 0.3 is 0 Å². The van der Waals surface area contributed by atoms with Crippen molar-refractivity contribution in [1.82, 2.24) is 4.90 Å². The van der Waals surface area contributed by atoms with Gasteiger partial charge in [-0.05, 0) is 63.4 Å². The predicted molar refractivity (Wildman–Crippen MR) is 90.2 cm³/mol. The van der Waals surface area contributed by atoms with Gasteiger partial charge in [0.05, 0.1) is 0 Å². The molecule has 116 valence electrons. The second-order valence-electron chi connectivity index (χ2n) is 6.59. The smallest absolute Gasteiger partial charge is 0.0459 e. The van der Waals surface area contributed by atoms with Gasteiger partial charge in [-0.2, -0.15) is 0 Å². The van der Waals surface area contributed by atoms with E-state index in [1.54, 1.807) is 0 Å². The van der Waals surface area contributed by atoms with E-state index in [2.05, 4.69) is 28.0 Å². The molecule has 0 bridgehead atoms. The van der Waals surface area contributed by atoms with Crippen molar-refractivity contribution in [2.45, 2.75) is 44.7 Å². The molecule has 1 aromatic rings. The van der Waals surface area contributed by atoms with Gasteiger partial charge in [-0.1, -0.05) is 17.7 Å². The monoisotopic (exact) mass is 307 g/mol. The average molecular weight is 308 g/mol. The second kappa shape index (κ2) is 6.55. The number of nitrogens with two attached hydrogens (primary N) is 1. The molecule has 1 aromatic carbocycles. The Balaban J connectivity index is 1.66. The molecule has 2 saturated heterocycles. The first kappa shape index (κ1) is 15.1. The lowest BCUT2D eigenvalue weighted by molar-refractivity contribution is 0.260. The summed E-state index contributed by atoms with van der Waals surface area (Å²) < 4.78 is 0. The van der Waals surface area contributed by atoms with E-state index in [0.717, 1.165) is 36.1 Å². The molecule has 0 radical (unpaired) electrons. The Morgan fingerprint density at radius 2 is 2.05 bits per heavy atom. The number of hydrogen-bond donors (Lipinski definition) is 1. The van der Waals surface area contributed by atoms with E-state index < -0.39 is 0 Å². The van der Waals surface area contributed by atoms with Gasteiger partial charge in [-0.15, -0.1) is 0 Å². The van der Waals surface area contributed by atoms with Gasteiger partial charge in [-0.25, -0.2) is 0 Å². The van der Waals surface area contributed by atoms with Crippen LogP contribution < -0.4 is 10.6 Å². The van der Waals surface area contributed by atoms with Crippen molar-refractivity contribution in [2.75, 3.05) is 31.1 Å². The summed E-state index contributed by atoms with van der Waals surface area (Å²) in [5, 5.41) is 0.856. The van der Waals surface area contributed by atoms with Gasteiger partial charge in [-0.3, -0.25) is 4.90 Å². The summed E-state index contributed by atoms with van der Waals surface area (Å²) in [7, 11) is 0. The fraction of sp³-hybridized carbons (Fsp3) is 0.647. The third-order valence-corrected chi connectivity index (χ3v) is 5.12. The summed E-state index contributed by atoms with van der Waals surface area (Å²) in [6.07, 6.45) is 4.86. The van der Waals surface area contributed by atoms with Crippen LogP contribution in [0.1, 0.15) is 31.7 Å². The van der Waals surface area contributed by atoms with Gasteiger partial charge in [0.25, 0.3) is 0 Å². The van der Waals surface area contributed by atoms with E-state index >= 15 is 0 Å². The van der Waals surface area contributed by atoms with Gasteiger partial charge in [0.1, 0.15) is 0 Å². The van der Waals surface area contributed by atoms with Crippen molar-refractivity contribution in [2.24, 2.45) is 5.73 Å². The molecule has 0 aromatic heterocycles. The zero-order valence-corrected chi connectivity index (χ0v) is 13.6. The molecular weight excluding hydrogens is 282 g/mol. The molecule has 2 fully saturated rings. The lowest BCUT2D eigenvalue weighted by atomic mass is 10.1. The van der Waals surface area contributed by atoms with Crippen LogP contribution in [0.15, 0.2) is 18.2 Å². The molecule has 2 atom stereocenters. The summed E-state index contributed by atoms with van der Waals surface area (Å²) in [6, 6.07) is 7.35. The second-order valence-corrected chi connectivity index (χ2v) is 7.00. The standard InChI is InChI=1S/C17H26ClN3/c1-13(19)10-14-4-5-15(11-17(14)18)21-9-6-16(12-21)20-7-2-3-8-20/h4-5,11,13,16H,2-3,6-10,12,19H2,1H3. The maximum Gasteiger partial charge on any atom is 0.0459 e. The van der Waals surface area contributed by atoms with Crippen LogP contribution in [0.4, 0.5) is 5.69 Å². The van der Waals surface area contributed by atoms with E-state index in [9.17, 15) is 0 Å². The summed E-state index contributed by atoms with van der Waals surface area (Å²) in [6.45, 7) is 6.87. The van der Waals surface area contributed by atoms with Crippen molar-refractivity contribution in [1.29, 1.82) is 0 Å². The molecule has 3 nitrogen and oxygen atoms in total. The van der Waals surface area contributed by atoms with Crippen LogP contribution in [0, 0.1) is 0 Å². The minimum Gasteiger partial charge on any atom is -0.370 e. The Bertz CT molecular complexity index is 483. The van der Waals surface area contributed by atoms with Crippen molar-refractivity contribution in [3.05, 3.63) is 28.8 Å². The Labute approximate surface area is 133 Å². The van der Waals surface area contributed by atoms with Crippen LogP contribution in [0.2, 0.25) is 5.02 Å². The molecule has 21 heavy (non-hydrogen) atoms. The number of benzene rings is 1. The van der Waals surface area contributed by atoms with Crippen molar-refractivity contribution in [3.63, 3.8) is 0 Å². The van der Waals surface area contributed by atoms with E-state index in [1.165, 1.54) is 38.0 Å². The molecule has 2 unspecified atom stereocenters. The first-order chi connectivity index (χ1) is 10.1. The SMILES string of the molecule is CC(N)Cc1ccc(N2CCC(N3CCCC3)C2)cc1Cl. The van der Waals surface area contributed by atoms with E-state index in [-0.39, 0.29) is 6.04 Å². The predicted octanol–water partition coefficient (Wildman–Crippen LogP) is 2.90. The Kier molecular flexibility index (Phi) is 4.72. The largest absolute Gasteiger partial charge is 0.370 e. The highest BCUT2D eigenvalue weighted by Crippen LogP contribution is 2.29. The van der Waals surface area contributed by atoms with Gasteiger partial charge < -0.3 is 10.6 Å². The first-order valence-corrected chi connectivity index (χ1v) is 8.54. The van der Waals surface area contributed by atoms with Gasteiger partial charge in [0, 0.05) is 35.9 Å².